The fourth-order valence-corrected chi connectivity index (χ4v) is 5.86. The van der Waals surface area contributed by atoms with Crippen molar-refractivity contribution in [2.75, 3.05) is 13.1 Å². The summed E-state index contributed by atoms with van der Waals surface area (Å²) in [4.78, 5) is 13.7. The summed E-state index contributed by atoms with van der Waals surface area (Å²) >= 11 is 12.8. The van der Waals surface area contributed by atoms with Gasteiger partial charge in [-0.1, -0.05) is 47.8 Å². The van der Waals surface area contributed by atoms with Gasteiger partial charge in [0, 0.05) is 23.7 Å². The zero-order valence-corrected chi connectivity index (χ0v) is 23.1. The van der Waals surface area contributed by atoms with Crippen molar-refractivity contribution in [1.29, 1.82) is 0 Å². The minimum Gasteiger partial charge on any atom is -0.482 e. The molecule has 200 valence electrons. The summed E-state index contributed by atoms with van der Waals surface area (Å²) in [7, 11) is 0. The van der Waals surface area contributed by atoms with Gasteiger partial charge in [0.2, 0.25) is 0 Å². The molecule has 1 amide bonds. The molecule has 6 nitrogen and oxygen atoms in total. The normalized spacial score (nSPS) is 16.2. The molecule has 0 spiro atoms. The minimum atomic E-state index is -0.893. The number of fused-ring (bicyclic) bond motifs is 3. The van der Waals surface area contributed by atoms with Crippen molar-refractivity contribution >= 4 is 29.1 Å². The van der Waals surface area contributed by atoms with E-state index in [-0.39, 0.29) is 17.4 Å². The molecule has 0 bridgehead atoms. The maximum atomic E-state index is 13.7. The number of hydrogen-bond donors (Lipinski definition) is 1. The predicted octanol–water partition coefficient (Wildman–Crippen LogP) is 7.41. The van der Waals surface area contributed by atoms with E-state index in [1.165, 1.54) is 12.1 Å². The van der Waals surface area contributed by atoms with Crippen LogP contribution in [0.25, 0.3) is 28.1 Å². The van der Waals surface area contributed by atoms with Gasteiger partial charge in [0.05, 0.1) is 22.0 Å². The van der Waals surface area contributed by atoms with Crippen LogP contribution in [-0.2, 0) is 5.60 Å². The molecule has 4 aromatic rings. The molecule has 0 aliphatic carbocycles. The van der Waals surface area contributed by atoms with Crippen LogP contribution in [0, 0.1) is 5.82 Å². The van der Waals surface area contributed by atoms with E-state index in [1.54, 1.807) is 35.0 Å². The first-order valence-corrected chi connectivity index (χ1v) is 13.7. The van der Waals surface area contributed by atoms with Gasteiger partial charge in [-0.2, -0.15) is 5.10 Å². The standard InChI is InChI=1S/C30H27Cl2FN4O2/c1-30(2)26-27(29(38)35-36-14-4-3-5-15-36)34-37(24-13-9-20(31)17-23(24)32)28(26)22-12-8-19(16-25(22)39-30)18-6-10-21(33)11-7-18/h6-13,16-17H,3-5,14-15H2,1-2H3,(H,35,38). The molecule has 3 heterocycles. The molecule has 1 aromatic heterocycles. The van der Waals surface area contributed by atoms with Gasteiger partial charge in [-0.3, -0.25) is 10.2 Å². The maximum absolute atomic E-state index is 13.7. The summed E-state index contributed by atoms with van der Waals surface area (Å²) in [5.41, 5.74) is 6.94. The molecule has 0 atom stereocenters. The van der Waals surface area contributed by atoms with Crippen LogP contribution < -0.4 is 10.2 Å². The van der Waals surface area contributed by atoms with E-state index in [2.05, 4.69) is 5.43 Å². The maximum Gasteiger partial charge on any atom is 0.286 e. The highest BCUT2D eigenvalue weighted by molar-refractivity contribution is 6.35. The van der Waals surface area contributed by atoms with Gasteiger partial charge >= 0.3 is 0 Å². The lowest BCUT2D eigenvalue weighted by Crippen LogP contribution is -2.46. The molecule has 0 saturated carbocycles. The SMILES string of the molecule is CC1(C)Oc2cc(-c3ccc(F)cc3)ccc2-c2c1c(C(=O)NN1CCCCC1)nn2-c1ccc(Cl)cc1Cl. The Kier molecular flexibility index (Phi) is 6.61. The number of ether oxygens (including phenoxy) is 1. The lowest BCUT2D eigenvalue weighted by molar-refractivity contribution is 0.0720. The van der Waals surface area contributed by atoms with Crippen LogP contribution in [0.2, 0.25) is 10.0 Å². The van der Waals surface area contributed by atoms with Gasteiger partial charge in [-0.05, 0) is 80.3 Å². The van der Waals surface area contributed by atoms with Crippen LogP contribution in [0.1, 0.15) is 49.2 Å². The van der Waals surface area contributed by atoms with Crippen molar-refractivity contribution in [3.05, 3.63) is 87.8 Å². The number of benzene rings is 3. The van der Waals surface area contributed by atoms with Gasteiger partial charge in [0.15, 0.2) is 5.69 Å². The van der Waals surface area contributed by atoms with Crippen molar-refractivity contribution in [2.24, 2.45) is 0 Å². The third-order valence-corrected chi connectivity index (χ3v) is 7.77. The van der Waals surface area contributed by atoms with E-state index in [0.717, 1.165) is 54.7 Å². The zero-order valence-electron chi connectivity index (χ0n) is 21.6. The Labute approximate surface area is 236 Å². The number of carbonyl (C=O) groups is 1. The average Bonchev–Trinajstić information content (AvgIpc) is 3.31. The van der Waals surface area contributed by atoms with E-state index in [0.29, 0.717) is 27.0 Å². The van der Waals surface area contributed by atoms with Crippen LogP contribution in [0.4, 0.5) is 4.39 Å². The van der Waals surface area contributed by atoms with Crippen LogP contribution >= 0.6 is 23.2 Å². The van der Waals surface area contributed by atoms with E-state index >= 15 is 0 Å². The fraction of sp³-hybridized carbons (Fsp3) is 0.267. The molecule has 9 heteroatoms. The van der Waals surface area contributed by atoms with Crippen LogP contribution in [0.3, 0.4) is 0 Å². The number of hydrazine groups is 1. The molecule has 39 heavy (non-hydrogen) atoms. The highest BCUT2D eigenvalue weighted by Gasteiger charge is 2.42. The number of nitrogens with one attached hydrogen (secondary N) is 1. The first-order valence-electron chi connectivity index (χ1n) is 13.0. The smallest absolute Gasteiger partial charge is 0.286 e. The summed E-state index contributed by atoms with van der Waals surface area (Å²) in [5, 5.41) is 7.69. The highest BCUT2D eigenvalue weighted by Crippen LogP contribution is 2.49. The summed E-state index contributed by atoms with van der Waals surface area (Å²) in [6.07, 6.45) is 3.22. The number of aromatic nitrogens is 2. The van der Waals surface area contributed by atoms with Crippen molar-refractivity contribution in [3.8, 4) is 33.8 Å². The van der Waals surface area contributed by atoms with Crippen molar-refractivity contribution in [1.82, 2.24) is 20.2 Å². The Morgan fingerprint density at radius 1 is 0.974 bits per heavy atom. The van der Waals surface area contributed by atoms with Gasteiger partial charge in [0.25, 0.3) is 5.91 Å². The lowest BCUT2D eigenvalue weighted by Gasteiger charge is -2.34. The molecule has 1 N–H and O–H groups in total. The molecule has 0 unspecified atom stereocenters. The molecule has 1 saturated heterocycles. The second kappa shape index (κ2) is 9.97. The third kappa shape index (κ3) is 4.80. The van der Waals surface area contributed by atoms with Gasteiger partial charge in [-0.25, -0.2) is 14.1 Å². The van der Waals surface area contributed by atoms with E-state index in [9.17, 15) is 9.18 Å². The van der Waals surface area contributed by atoms with Crippen molar-refractivity contribution in [2.45, 2.75) is 38.7 Å². The predicted molar refractivity (Wildman–Crippen MR) is 151 cm³/mol. The van der Waals surface area contributed by atoms with Gasteiger partial charge in [0.1, 0.15) is 17.2 Å². The number of hydrogen-bond acceptors (Lipinski definition) is 4. The summed E-state index contributed by atoms with van der Waals surface area (Å²) in [6.45, 7) is 5.44. The van der Waals surface area contributed by atoms with Crippen LogP contribution in [0.15, 0.2) is 60.7 Å². The lowest BCUT2D eigenvalue weighted by atomic mass is 9.88. The minimum absolute atomic E-state index is 0.278. The van der Waals surface area contributed by atoms with E-state index < -0.39 is 5.60 Å². The number of carbonyl (C=O) groups excluding carboxylic acids is 1. The number of piperidine rings is 1. The Morgan fingerprint density at radius 3 is 2.41 bits per heavy atom. The van der Waals surface area contributed by atoms with Crippen molar-refractivity contribution < 1.29 is 13.9 Å². The third-order valence-electron chi connectivity index (χ3n) is 7.24. The quantitative estimate of drug-likeness (QED) is 0.280. The molecule has 3 aromatic carbocycles. The molecule has 2 aliphatic rings. The van der Waals surface area contributed by atoms with E-state index in [4.69, 9.17) is 33.0 Å². The Morgan fingerprint density at radius 2 is 1.69 bits per heavy atom. The summed E-state index contributed by atoms with van der Waals surface area (Å²) in [6, 6.07) is 17.3. The van der Waals surface area contributed by atoms with Crippen molar-refractivity contribution in [3.63, 3.8) is 0 Å². The largest absolute Gasteiger partial charge is 0.482 e. The number of halogens is 3. The van der Waals surface area contributed by atoms with Gasteiger partial charge in [-0.15, -0.1) is 0 Å². The number of amides is 1. The Bertz CT molecular complexity index is 1580. The Hall–Kier alpha value is -3.39. The fourth-order valence-electron chi connectivity index (χ4n) is 5.38. The topological polar surface area (TPSA) is 59.4 Å². The van der Waals surface area contributed by atoms with Crippen LogP contribution in [0.5, 0.6) is 5.75 Å². The first kappa shape index (κ1) is 25.9. The molecular formula is C30H27Cl2FN4O2. The molecular weight excluding hydrogens is 538 g/mol. The Balaban J connectivity index is 1.53. The molecule has 6 rings (SSSR count). The van der Waals surface area contributed by atoms with Gasteiger partial charge < -0.3 is 4.74 Å². The van der Waals surface area contributed by atoms with E-state index in [1.807, 2.05) is 37.1 Å². The molecule has 1 fully saturated rings. The zero-order chi connectivity index (χ0) is 27.3. The second-order valence-corrected chi connectivity index (χ2v) is 11.2. The highest BCUT2D eigenvalue weighted by atomic mass is 35.5. The number of nitrogens with zero attached hydrogens (tertiary/aromatic N) is 3. The summed E-state index contributed by atoms with van der Waals surface area (Å²) < 4.78 is 21.8. The monoisotopic (exact) mass is 564 g/mol. The average molecular weight is 565 g/mol. The molecule has 2 aliphatic heterocycles. The second-order valence-electron chi connectivity index (χ2n) is 10.4. The number of rotatable bonds is 4. The molecule has 0 radical (unpaired) electrons. The van der Waals surface area contributed by atoms with Crippen LogP contribution in [-0.4, -0.2) is 33.8 Å². The first-order chi connectivity index (χ1) is 18.7. The summed E-state index contributed by atoms with van der Waals surface area (Å²) in [5.74, 6) is 0.0430.